The van der Waals surface area contributed by atoms with Crippen LogP contribution in [0.1, 0.15) is 38.3 Å². The van der Waals surface area contributed by atoms with E-state index >= 15 is 0 Å². The standard InChI is InChI=1S/C14H20FNO/c1-10-9-14(7-8-17-10)16-11(2)12-3-5-13(15)6-4-12/h3-6,10-11,14,16H,7-9H2,1-2H3/t10?,11-,14?/m1/s1. The minimum absolute atomic E-state index is 0.180. The van der Waals surface area contributed by atoms with E-state index < -0.39 is 0 Å². The Labute approximate surface area is 102 Å². The number of nitrogens with one attached hydrogen (secondary N) is 1. The van der Waals surface area contributed by atoms with Gasteiger partial charge in [-0.25, -0.2) is 4.39 Å². The molecule has 0 saturated carbocycles. The van der Waals surface area contributed by atoms with E-state index in [0.717, 1.165) is 25.0 Å². The molecule has 0 bridgehead atoms. The first-order chi connectivity index (χ1) is 8.15. The lowest BCUT2D eigenvalue weighted by Crippen LogP contribution is -2.39. The summed E-state index contributed by atoms with van der Waals surface area (Å²) in [6.45, 7) is 5.05. The first-order valence-corrected chi connectivity index (χ1v) is 6.28. The first-order valence-electron chi connectivity index (χ1n) is 6.28. The Balaban J connectivity index is 1.91. The Kier molecular flexibility index (Phi) is 4.13. The molecule has 17 heavy (non-hydrogen) atoms. The van der Waals surface area contributed by atoms with Gasteiger partial charge in [0, 0.05) is 18.7 Å². The van der Waals surface area contributed by atoms with Crippen molar-refractivity contribution in [3.8, 4) is 0 Å². The third-order valence-electron chi connectivity index (χ3n) is 3.34. The Bertz CT molecular complexity index is 352. The molecule has 3 atom stereocenters. The quantitative estimate of drug-likeness (QED) is 0.872. The van der Waals surface area contributed by atoms with Crippen molar-refractivity contribution < 1.29 is 9.13 Å². The second-order valence-corrected chi connectivity index (χ2v) is 4.84. The normalized spacial score (nSPS) is 26.8. The summed E-state index contributed by atoms with van der Waals surface area (Å²) in [5.41, 5.74) is 1.13. The molecule has 1 N–H and O–H groups in total. The smallest absolute Gasteiger partial charge is 0.123 e. The highest BCUT2D eigenvalue weighted by molar-refractivity contribution is 5.19. The van der Waals surface area contributed by atoms with Crippen molar-refractivity contribution in [1.29, 1.82) is 0 Å². The van der Waals surface area contributed by atoms with Crippen LogP contribution in [-0.4, -0.2) is 18.8 Å². The summed E-state index contributed by atoms with van der Waals surface area (Å²) in [5.74, 6) is -0.180. The first kappa shape index (κ1) is 12.5. The van der Waals surface area contributed by atoms with Crippen LogP contribution in [-0.2, 0) is 4.74 Å². The fourth-order valence-electron chi connectivity index (χ4n) is 2.35. The van der Waals surface area contributed by atoms with Crippen LogP contribution in [0.4, 0.5) is 4.39 Å². The largest absolute Gasteiger partial charge is 0.378 e. The molecule has 1 aromatic rings. The Morgan fingerprint density at radius 1 is 1.35 bits per heavy atom. The van der Waals surface area contributed by atoms with Gasteiger partial charge in [-0.3, -0.25) is 0 Å². The van der Waals surface area contributed by atoms with Crippen molar-refractivity contribution in [2.24, 2.45) is 0 Å². The molecule has 1 fully saturated rings. The third kappa shape index (κ3) is 3.51. The molecule has 2 rings (SSSR count). The van der Waals surface area contributed by atoms with Crippen molar-refractivity contribution >= 4 is 0 Å². The van der Waals surface area contributed by atoms with Gasteiger partial charge in [0.25, 0.3) is 0 Å². The molecule has 1 aliphatic heterocycles. The number of halogens is 1. The fourth-order valence-corrected chi connectivity index (χ4v) is 2.35. The summed E-state index contributed by atoms with van der Waals surface area (Å²) in [4.78, 5) is 0. The van der Waals surface area contributed by atoms with Crippen LogP contribution in [0.25, 0.3) is 0 Å². The molecule has 0 aliphatic carbocycles. The van der Waals surface area contributed by atoms with Crippen LogP contribution in [0.5, 0.6) is 0 Å². The van der Waals surface area contributed by atoms with Crippen LogP contribution in [0, 0.1) is 5.82 Å². The second-order valence-electron chi connectivity index (χ2n) is 4.84. The third-order valence-corrected chi connectivity index (χ3v) is 3.34. The highest BCUT2D eigenvalue weighted by Crippen LogP contribution is 2.19. The van der Waals surface area contributed by atoms with E-state index in [1.54, 1.807) is 0 Å². The predicted octanol–water partition coefficient (Wildman–Crippen LogP) is 3.04. The van der Waals surface area contributed by atoms with Crippen molar-refractivity contribution in [3.05, 3.63) is 35.6 Å². The molecule has 2 unspecified atom stereocenters. The lowest BCUT2D eigenvalue weighted by Gasteiger charge is -2.30. The molecular weight excluding hydrogens is 217 g/mol. The zero-order valence-corrected chi connectivity index (χ0v) is 10.4. The predicted molar refractivity (Wildman–Crippen MR) is 66.4 cm³/mol. The van der Waals surface area contributed by atoms with Crippen molar-refractivity contribution in [1.82, 2.24) is 5.32 Å². The molecule has 1 heterocycles. The van der Waals surface area contributed by atoms with Crippen molar-refractivity contribution in [2.45, 2.75) is 44.9 Å². The lowest BCUT2D eigenvalue weighted by atomic mass is 10.0. The van der Waals surface area contributed by atoms with Crippen LogP contribution in [0.3, 0.4) is 0 Å². The van der Waals surface area contributed by atoms with E-state index in [-0.39, 0.29) is 11.9 Å². The number of hydrogen-bond donors (Lipinski definition) is 1. The summed E-state index contributed by atoms with van der Waals surface area (Å²) in [6, 6.07) is 7.47. The highest BCUT2D eigenvalue weighted by atomic mass is 19.1. The molecule has 0 amide bonds. The summed E-state index contributed by atoms with van der Waals surface area (Å²) < 4.78 is 18.3. The van der Waals surface area contributed by atoms with Gasteiger partial charge in [0.2, 0.25) is 0 Å². The zero-order chi connectivity index (χ0) is 12.3. The zero-order valence-electron chi connectivity index (χ0n) is 10.4. The molecule has 1 saturated heterocycles. The molecule has 1 aromatic carbocycles. The maximum Gasteiger partial charge on any atom is 0.123 e. The van der Waals surface area contributed by atoms with Crippen LogP contribution in [0.2, 0.25) is 0 Å². The van der Waals surface area contributed by atoms with E-state index in [0.29, 0.717) is 12.1 Å². The van der Waals surface area contributed by atoms with Gasteiger partial charge in [-0.05, 0) is 44.4 Å². The van der Waals surface area contributed by atoms with Gasteiger partial charge >= 0.3 is 0 Å². The number of hydrogen-bond acceptors (Lipinski definition) is 2. The van der Waals surface area contributed by atoms with Gasteiger partial charge in [-0.2, -0.15) is 0 Å². The number of rotatable bonds is 3. The number of ether oxygens (including phenoxy) is 1. The van der Waals surface area contributed by atoms with E-state index in [4.69, 9.17) is 4.74 Å². The summed E-state index contributed by atoms with van der Waals surface area (Å²) in [7, 11) is 0. The summed E-state index contributed by atoms with van der Waals surface area (Å²) >= 11 is 0. The topological polar surface area (TPSA) is 21.3 Å². The minimum Gasteiger partial charge on any atom is -0.378 e. The van der Waals surface area contributed by atoms with Gasteiger partial charge in [-0.15, -0.1) is 0 Å². The molecule has 0 aromatic heterocycles. The Hall–Kier alpha value is -0.930. The van der Waals surface area contributed by atoms with Gasteiger partial charge in [0.15, 0.2) is 0 Å². The van der Waals surface area contributed by atoms with E-state index in [1.165, 1.54) is 12.1 Å². The Morgan fingerprint density at radius 2 is 2.06 bits per heavy atom. The maximum absolute atomic E-state index is 12.8. The van der Waals surface area contributed by atoms with E-state index in [1.807, 2.05) is 12.1 Å². The molecular formula is C14H20FNO. The summed E-state index contributed by atoms with van der Waals surface area (Å²) in [5, 5.41) is 3.58. The Morgan fingerprint density at radius 3 is 2.71 bits per heavy atom. The fraction of sp³-hybridized carbons (Fsp3) is 0.571. The lowest BCUT2D eigenvalue weighted by molar-refractivity contribution is 0.0116. The van der Waals surface area contributed by atoms with Crippen LogP contribution in [0.15, 0.2) is 24.3 Å². The van der Waals surface area contributed by atoms with Crippen LogP contribution < -0.4 is 5.32 Å². The van der Waals surface area contributed by atoms with Crippen molar-refractivity contribution in [3.63, 3.8) is 0 Å². The average Bonchev–Trinajstić information content (AvgIpc) is 2.29. The van der Waals surface area contributed by atoms with Gasteiger partial charge in [-0.1, -0.05) is 12.1 Å². The van der Waals surface area contributed by atoms with Gasteiger partial charge in [0.1, 0.15) is 5.82 Å². The molecule has 3 heteroatoms. The number of benzene rings is 1. The van der Waals surface area contributed by atoms with Gasteiger partial charge < -0.3 is 10.1 Å². The molecule has 1 aliphatic rings. The minimum atomic E-state index is -0.180. The summed E-state index contributed by atoms with van der Waals surface area (Å²) in [6.07, 6.45) is 2.43. The van der Waals surface area contributed by atoms with E-state index in [9.17, 15) is 4.39 Å². The second kappa shape index (κ2) is 5.61. The maximum atomic E-state index is 12.8. The molecule has 0 spiro atoms. The highest BCUT2D eigenvalue weighted by Gasteiger charge is 2.20. The average molecular weight is 237 g/mol. The molecule has 94 valence electrons. The van der Waals surface area contributed by atoms with Crippen molar-refractivity contribution in [2.75, 3.05) is 6.61 Å². The SMILES string of the molecule is CC1CC(N[C@H](C)c2ccc(F)cc2)CCO1. The van der Waals surface area contributed by atoms with E-state index in [2.05, 4.69) is 19.2 Å². The van der Waals surface area contributed by atoms with Gasteiger partial charge in [0.05, 0.1) is 6.10 Å². The molecule has 2 nitrogen and oxygen atoms in total. The molecule has 0 radical (unpaired) electrons. The van der Waals surface area contributed by atoms with Crippen LogP contribution >= 0.6 is 0 Å². The monoisotopic (exact) mass is 237 g/mol.